The average Bonchev–Trinajstić information content (AvgIpc) is 2.16. The molecule has 1 atom stereocenters. The van der Waals surface area contributed by atoms with Gasteiger partial charge in [0.2, 0.25) is 0 Å². The molecule has 0 radical (unpaired) electrons. The Kier molecular flexibility index (Phi) is 13.5. The molecular weight excluding hydrogens is 176 g/mol. The summed E-state index contributed by atoms with van der Waals surface area (Å²) in [7, 11) is 0. The SMILES string of the molecule is C=C/C=C(/C)C=C.CC(O)CCCO. The van der Waals surface area contributed by atoms with Gasteiger partial charge in [-0.3, -0.25) is 0 Å². The van der Waals surface area contributed by atoms with E-state index in [-0.39, 0.29) is 12.7 Å². The van der Waals surface area contributed by atoms with Crippen molar-refractivity contribution in [2.45, 2.75) is 32.8 Å². The van der Waals surface area contributed by atoms with E-state index in [2.05, 4.69) is 13.2 Å². The van der Waals surface area contributed by atoms with Gasteiger partial charge in [-0.25, -0.2) is 0 Å². The predicted octanol–water partition coefficient (Wildman–Crippen LogP) is 2.44. The molecule has 0 aromatic heterocycles. The molecule has 2 N–H and O–H groups in total. The molecule has 1 unspecified atom stereocenters. The molecule has 0 aliphatic rings. The van der Waals surface area contributed by atoms with E-state index in [0.717, 1.165) is 5.57 Å². The van der Waals surface area contributed by atoms with E-state index < -0.39 is 0 Å². The molecule has 0 spiro atoms. The van der Waals surface area contributed by atoms with Crippen molar-refractivity contribution in [1.82, 2.24) is 0 Å². The fraction of sp³-hybridized carbons (Fsp3) is 0.500. The molecule has 0 saturated carbocycles. The highest BCUT2D eigenvalue weighted by molar-refractivity contribution is 5.17. The first-order valence-corrected chi connectivity index (χ1v) is 4.79. The molecule has 0 fully saturated rings. The Morgan fingerprint density at radius 1 is 1.43 bits per heavy atom. The zero-order valence-electron chi connectivity index (χ0n) is 9.24. The first-order chi connectivity index (χ1) is 6.58. The van der Waals surface area contributed by atoms with E-state index in [1.54, 1.807) is 19.1 Å². The predicted molar refractivity (Wildman–Crippen MR) is 62.2 cm³/mol. The van der Waals surface area contributed by atoms with Gasteiger partial charge >= 0.3 is 0 Å². The maximum Gasteiger partial charge on any atom is 0.0513 e. The topological polar surface area (TPSA) is 40.5 Å². The quantitative estimate of drug-likeness (QED) is 0.666. The monoisotopic (exact) mass is 198 g/mol. The van der Waals surface area contributed by atoms with Crippen LogP contribution in [0.2, 0.25) is 0 Å². The zero-order chi connectivity index (χ0) is 11.4. The number of rotatable bonds is 5. The average molecular weight is 198 g/mol. The summed E-state index contributed by atoms with van der Waals surface area (Å²) in [6.45, 7) is 11.0. The fourth-order valence-corrected chi connectivity index (χ4v) is 0.641. The molecule has 0 rings (SSSR count). The van der Waals surface area contributed by atoms with E-state index in [0.29, 0.717) is 12.8 Å². The van der Waals surface area contributed by atoms with E-state index >= 15 is 0 Å². The number of allylic oxidation sites excluding steroid dienone is 4. The van der Waals surface area contributed by atoms with Gasteiger partial charge in [0.1, 0.15) is 0 Å². The number of aliphatic hydroxyl groups excluding tert-OH is 2. The van der Waals surface area contributed by atoms with Crippen molar-refractivity contribution in [1.29, 1.82) is 0 Å². The summed E-state index contributed by atoms with van der Waals surface area (Å²) in [6.07, 6.45) is 6.60. The Morgan fingerprint density at radius 2 is 2.00 bits per heavy atom. The minimum Gasteiger partial charge on any atom is -0.396 e. The van der Waals surface area contributed by atoms with Gasteiger partial charge in [-0.15, -0.1) is 0 Å². The lowest BCUT2D eigenvalue weighted by molar-refractivity contribution is 0.167. The van der Waals surface area contributed by atoms with Crippen molar-refractivity contribution in [3.8, 4) is 0 Å². The lowest BCUT2D eigenvalue weighted by Crippen LogP contribution is -1.99. The van der Waals surface area contributed by atoms with Crippen LogP contribution in [0.3, 0.4) is 0 Å². The van der Waals surface area contributed by atoms with Gasteiger partial charge in [0.25, 0.3) is 0 Å². The van der Waals surface area contributed by atoms with Crippen molar-refractivity contribution in [3.05, 3.63) is 37.0 Å². The van der Waals surface area contributed by atoms with Gasteiger partial charge in [-0.1, -0.05) is 37.0 Å². The van der Waals surface area contributed by atoms with Gasteiger partial charge in [0.15, 0.2) is 0 Å². The smallest absolute Gasteiger partial charge is 0.0513 e. The van der Waals surface area contributed by atoms with E-state index in [4.69, 9.17) is 10.2 Å². The van der Waals surface area contributed by atoms with Crippen molar-refractivity contribution in [2.75, 3.05) is 6.61 Å². The Bertz CT molecular complexity index is 169. The van der Waals surface area contributed by atoms with Crippen molar-refractivity contribution >= 4 is 0 Å². The summed E-state index contributed by atoms with van der Waals surface area (Å²) < 4.78 is 0. The van der Waals surface area contributed by atoms with Crippen LogP contribution in [0.5, 0.6) is 0 Å². The number of hydrogen-bond acceptors (Lipinski definition) is 2. The van der Waals surface area contributed by atoms with E-state index in [9.17, 15) is 0 Å². The highest BCUT2D eigenvalue weighted by Gasteiger charge is 1.90. The maximum atomic E-state index is 8.57. The third kappa shape index (κ3) is 17.3. The molecule has 0 amide bonds. The summed E-state index contributed by atoms with van der Waals surface area (Å²) in [6, 6.07) is 0. The Labute approximate surface area is 87.3 Å². The first kappa shape index (κ1) is 15.6. The summed E-state index contributed by atoms with van der Waals surface area (Å²) in [5.74, 6) is 0. The van der Waals surface area contributed by atoms with Crippen LogP contribution in [0.1, 0.15) is 26.7 Å². The van der Waals surface area contributed by atoms with Gasteiger partial charge < -0.3 is 10.2 Å². The minimum atomic E-state index is -0.257. The third-order valence-corrected chi connectivity index (χ3v) is 1.48. The van der Waals surface area contributed by atoms with E-state index in [1.807, 2.05) is 13.0 Å². The Morgan fingerprint density at radius 3 is 2.14 bits per heavy atom. The standard InChI is InChI=1S/C7H10.C5H12O2/c1-4-6-7(3)5-2;1-5(7)3-2-4-6/h4-6H,1-2H2,3H3;5-7H,2-4H2,1H3/b7-6-;. The lowest BCUT2D eigenvalue weighted by atomic mass is 10.2. The molecule has 14 heavy (non-hydrogen) atoms. The van der Waals surface area contributed by atoms with Gasteiger partial charge in [-0.2, -0.15) is 0 Å². The molecule has 0 saturated heterocycles. The molecule has 0 aliphatic heterocycles. The first-order valence-electron chi connectivity index (χ1n) is 4.79. The molecule has 0 aliphatic carbocycles. The van der Waals surface area contributed by atoms with Crippen LogP contribution in [0.25, 0.3) is 0 Å². The second-order valence-electron chi connectivity index (χ2n) is 3.07. The van der Waals surface area contributed by atoms with Crippen LogP contribution in [-0.4, -0.2) is 22.9 Å². The van der Waals surface area contributed by atoms with Gasteiger partial charge in [0, 0.05) is 6.61 Å². The van der Waals surface area contributed by atoms with Crippen LogP contribution in [0.15, 0.2) is 37.0 Å². The van der Waals surface area contributed by atoms with Crippen LogP contribution >= 0.6 is 0 Å². The summed E-state index contributed by atoms with van der Waals surface area (Å²) >= 11 is 0. The van der Waals surface area contributed by atoms with Gasteiger partial charge in [0.05, 0.1) is 6.10 Å². The highest BCUT2D eigenvalue weighted by Crippen LogP contribution is 1.92. The highest BCUT2D eigenvalue weighted by atomic mass is 16.3. The summed E-state index contributed by atoms with van der Waals surface area (Å²) in [4.78, 5) is 0. The van der Waals surface area contributed by atoms with Crippen molar-refractivity contribution < 1.29 is 10.2 Å². The van der Waals surface area contributed by atoms with Crippen molar-refractivity contribution in [2.24, 2.45) is 0 Å². The Hall–Kier alpha value is -0.860. The normalized spacial score (nSPS) is 12.4. The third-order valence-electron chi connectivity index (χ3n) is 1.48. The minimum absolute atomic E-state index is 0.185. The maximum absolute atomic E-state index is 8.57. The largest absolute Gasteiger partial charge is 0.396 e. The van der Waals surface area contributed by atoms with Gasteiger partial charge in [-0.05, 0) is 26.7 Å². The van der Waals surface area contributed by atoms with Crippen LogP contribution in [0, 0.1) is 0 Å². The van der Waals surface area contributed by atoms with E-state index in [1.165, 1.54) is 0 Å². The zero-order valence-corrected chi connectivity index (χ0v) is 9.24. The molecule has 0 aromatic rings. The lowest BCUT2D eigenvalue weighted by Gasteiger charge is -1.98. The molecule has 0 bridgehead atoms. The summed E-state index contributed by atoms with van der Waals surface area (Å²) in [5, 5.41) is 16.8. The molecule has 82 valence electrons. The molecule has 0 heterocycles. The molecule has 0 aromatic carbocycles. The molecular formula is C12H22O2. The summed E-state index contributed by atoms with van der Waals surface area (Å²) in [5.41, 5.74) is 1.15. The number of aliphatic hydroxyl groups is 2. The fourth-order valence-electron chi connectivity index (χ4n) is 0.641. The second kappa shape index (κ2) is 12.1. The van der Waals surface area contributed by atoms with Crippen LogP contribution in [0.4, 0.5) is 0 Å². The van der Waals surface area contributed by atoms with Crippen LogP contribution in [-0.2, 0) is 0 Å². The number of hydrogen-bond donors (Lipinski definition) is 2. The molecule has 2 nitrogen and oxygen atoms in total. The second-order valence-corrected chi connectivity index (χ2v) is 3.07. The Balaban J connectivity index is 0. The van der Waals surface area contributed by atoms with Crippen molar-refractivity contribution in [3.63, 3.8) is 0 Å². The van der Waals surface area contributed by atoms with Crippen LogP contribution < -0.4 is 0 Å². The molecule has 2 heteroatoms.